The van der Waals surface area contributed by atoms with E-state index in [1.807, 2.05) is 0 Å². The normalized spacial score (nSPS) is 12.6. The molecule has 1 N–H and O–H groups in total. The van der Waals surface area contributed by atoms with Crippen LogP contribution in [0.15, 0.2) is 36.4 Å². The number of carbonyl (C=O) groups excluding carboxylic acids is 3. The van der Waals surface area contributed by atoms with Gasteiger partial charge in [0.15, 0.2) is 0 Å². The minimum Gasteiger partial charge on any atom is -0.497 e. The molecule has 2 aromatic carbocycles. The van der Waals surface area contributed by atoms with Gasteiger partial charge in [0.05, 0.1) is 30.4 Å². The number of ether oxygens (including phenoxy) is 2. The van der Waals surface area contributed by atoms with E-state index < -0.39 is 34.9 Å². The van der Waals surface area contributed by atoms with Crippen molar-refractivity contribution in [1.82, 2.24) is 4.90 Å². The molecule has 10 heteroatoms. The van der Waals surface area contributed by atoms with Crippen molar-refractivity contribution in [3.63, 3.8) is 0 Å². The third-order valence-corrected chi connectivity index (χ3v) is 4.16. The molecule has 3 rings (SSSR count). The Morgan fingerprint density at radius 3 is 2.54 bits per heavy atom. The summed E-state index contributed by atoms with van der Waals surface area (Å²) in [5.74, 6) is -1.47. The van der Waals surface area contributed by atoms with E-state index in [-0.39, 0.29) is 11.1 Å². The largest absolute Gasteiger partial charge is 0.497 e. The van der Waals surface area contributed by atoms with Gasteiger partial charge in [0.2, 0.25) is 5.91 Å². The van der Waals surface area contributed by atoms with Gasteiger partial charge in [-0.25, -0.2) is 0 Å². The Morgan fingerprint density at radius 1 is 1.14 bits per heavy atom. The van der Waals surface area contributed by atoms with E-state index in [4.69, 9.17) is 9.47 Å². The van der Waals surface area contributed by atoms with Gasteiger partial charge < -0.3 is 14.8 Å². The van der Waals surface area contributed by atoms with Crippen molar-refractivity contribution in [1.29, 1.82) is 0 Å². The summed E-state index contributed by atoms with van der Waals surface area (Å²) in [5, 5.41) is 13.7. The Hall–Kier alpha value is -3.95. The summed E-state index contributed by atoms with van der Waals surface area (Å²) in [5.41, 5.74) is -0.576. The van der Waals surface area contributed by atoms with Crippen molar-refractivity contribution in [2.24, 2.45) is 0 Å². The fourth-order valence-corrected chi connectivity index (χ4v) is 2.85. The molecule has 0 spiro atoms. The predicted molar refractivity (Wildman–Crippen MR) is 96.6 cm³/mol. The zero-order chi connectivity index (χ0) is 20.4. The average Bonchev–Trinajstić information content (AvgIpc) is 2.93. The molecule has 0 saturated carbocycles. The maximum atomic E-state index is 12.5. The first-order chi connectivity index (χ1) is 13.4. The van der Waals surface area contributed by atoms with Gasteiger partial charge in [-0.3, -0.25) is 29.4 Å². The molecule has 28 heavy (non-hydrogen) atoms. The molecule has 0 radical (unpaired) electrons. The van der Waals surface area contributed by atoms with E-state index in [1.54, 1.807) is 18.2 Å². The van der Waals surface area contributed by atoms with Crippen molar-refractivity contribution >= 4 is 29.1 Å². The molecular weight excluding hydrogens is 370 g/mol. The molecule has 1 aliphatic rings. The number of rotatable bonds is 6. The van der Waals surface area contributed by atoms with Crippen LogP contribution in [0, 0.1) is 10.1 Å². The van der Waals surface area contributed by atoms with Crippen LogP contribution in [0.3, 0.4) is 0 Å². The Balaban J connectivity index is 1.80. The van der Waals surface area contributed by atoms with Gasteiger partial charge in [-0.2, -0.15) is 0 Å². The number of hydrogen-bond donors (Lipinski definition) is 1. The van der Waals surface area contributed by atoms with Gasteiger partial charge in [-0.05, 0) is 18.2 Å². The van der Waals surface area contributed by atoms with Crippen molar-refractivity contribution in [3.8, 4) is 11.5 Å². The number of amides is 3. The maximum Gasteiger partial charge on any atom is 0.282 e. The first kappa shape index (κ1) is 18.8. The van der Waals surface area contributed by atoms with Crippen molar-refractivity contribution in [2.75, 3.05) is 26.1 Å². The highest BCUT2D eigenvalue weighted by Gasteiger charge is 2.41. The van der Waals surface area contributed by atoms with Crippen LogP contribution in [0.4, 0.5) is 11.4 Å². The van der Waals surface area contributed by atoms with Gasteiger partial charge >= 0.3 is 0 Å². The van der Waals surface area contributed by atoms with Crippen LogP contribution in [0.1, 0.15) is 20.7 Å². The van der Waals surface area contributed by atoms with Gasteiger partial charge in [0.25, 0.3) is 17.5 Å². The van der Waals surface area contributed by atoms with Crippen molar-refractivity contribution in [2.45, 2.75) is 0 Å². The highest BCUT2D eigenvalue weighted by molar-refractivity contribution is 6.24. The molecule has 3 amide bonds. The summed E-state index contributed by atoms with van der Waals surface area (Å²) >= 11 is 0. The number of nitro benzene ring substituents is 1. The van der Waals surface area contributed by atoms with Crippen LogP contribution in [0.5, 0.6) is 11.5 Å². The molecule has 0 atom stereocenters. The van der Waals surface area contributed by atoms with E-state index in [9.17, 15) is 24.5 Å². The standard InChI is InChI=1S/C18H15N3O7/c1-27-10-6-7-12(14(8-10)28-2)19-15(22)9-20-17(23)11-4-3-5-13(21(25)26)16(11)18(20)24/h3-8H,9H2,1-2H3,(H,19,22). The summed E-state index contributed by atoms with van der Waals surface area (Å²) in [7, 11) is 2.89. The summed E-state index contributed by atoms with van der Waals surface area (Å²) < 4.78 is 10.2. The van der Waals surface area contributed by atoms with Crippen LogP contribution < -0.4 is 14.8 Å². The molecule has 0 unspecified atom stereocenters. The van der Waals surface area contributed by atoms with Crippen LogP contribution in [0.25, 0.3) is 0 Å². The zero-order valence-electron chi connectivity index (χ0n) is 14.9. The monoisotopic (exact) mass is 385 g/mol. The van der Waals surface area contributed by atoms with E-state index in [0.717, 1.165) is 6.07 Å². The highest BCUT2D eigenvalue weighted by atomic mass is 16.6. The Bertz CT molecular complexity index is 1000. The van der Waals surface area contributed by atoms with E-state index >= 15 is 0 Å². The van der Waals surface area contributed by atoms with Crippen molar-refractivity contribution in [3.05, 3.63) is 57.6 Å². The highest BCUT2D eigenvalue weighted by Crippen LogP contribution is 2.31. The molecular formula is C18H15N3O7. The first-order valence-electron chi connectivity index (χ1n) is 8.02. The molecule has 0 aromatic heterocycles. The Kier molecular flexibility index (Phi) is 4.94. The average molecular weight is 385 g/mol. The first-order valence-corrected chi connectivity index (χ1v) is 8.02. The summed E-state index contributed by atoms with van der Waals surface area (Å²) in [6, 6.07) is 8.46. The topological polar surface area (TPSA) is 128 Å². The molecule has 1 heterocycles. The third-order valence-electron chi connectivity index (χ3n) is 4.16. The van der Waals surface area contributed by atoms with E-state index in [2.05, 4.69) is 5.32 Å². The fraction of sp³-hybridized carbons (Fsp3) is 0.167. The number of benzene rings is 2. The lowest BCUT2D eigenvalue weighted by Gasteiger charge is -2.15. The lowest BCUT2D eigenvalue weighted by molar-refractivity contribution is -0.385. The quantitative estimate of drug-likeness (QED) is 0.456. The van der Waals surface area contributed by atoms with Gasteiger partial charge in [-0.1, -0.05) is 6.07 Å². The Labute approximate surface area is 158 Å². The molecule has 10 nitrogen and oxygen atoms in total. The smallest absolute Gasteiger partial charge is 0.282 e. The van der Waals surface area contributed by atoms with E-state index in [0.29, 0.717) is 22.1 Å². The number of fused-ring (bicyclic) bond motifs is 1. The summed E-state index contributed by atoms with van der Waals surface area (Å²) in [4.78, 5) is 48.4. The second-order valence-corrected chi connectivity index (χ2v) is 5.77. The number of methoxy groups -OCH3 is 2. The maximum absolute atomic E-state index is 12.5. The summed E-state index contributed by atoms with van der Waals surface area (Å²) in [6.07, 6.45) is 0. The van der Waals surface area contributed by atoms with Crippen LogP contribution in [-0.2, 0) is 4.79 Å². The Morgan fingerprint density at radius 2 is 1.89 bits per heavy atom. The predicted octanol–water partition coefficient (Wildman–Crippen LogP) is 1.85. The number of anilines is 1. The van der Waals surface area contributed by atoms with Crippen LogP contribution >= 0.6 is 0 Å². The van der Waals surface area contributed by atoms with Crippen LogP contribution in [-0.4, -0.2) is 48.3 Å². The molecule has 0 aliphatic carbocycles. The second-order valence-electron chi connectivity index (χ2n) is 5.77. The molecule has 2 aromatic rings. The minimum absolute atomic E-state index is 0.103. The molecule has 0 bridgehead atoms. The molecule has 144 valence electrons. The van der Waals surface area contributed by atoms with Gasteiger partial charge in [0, 0.05) is 12.1 Å². The number of nitrogens with zero attached hydrogens (tertiary/aromatic N) is 2. The second kappa shape index (κ2) is 7.35. The SMILES string of the molecule is COc1ccc(NC(=O)CN2C(=O)c3cccc([N+](=O)[O-])c3C2=O)c(OC)c1. The fourth-order valence-electron chi connectivity index (χ4n) is 2.85. The zero-order valence-corrected chi connectivity index (χ0v) is 14.9. The molecule has 1 aliphatic heterocycles. The van der Waals surface area contributed by atoms with Crippen molar-refractivity contribution < 1.29 is 28.8 Å². The molecule has 0 saturated heterocycles. The molecule has 0 fully saturated rings. The number of hydrogen-bond acceptors (Lipinski definition) is 7. The minimum atomic E-state index is -0.885. The number of imide groups is 1. The van der Waals surface area contributed by atoms with Gasteiger partial charge in [0.1, 0.15) is 23.6 Å². The number of carbonyl (C=O) groups is 3. The van der Waals surface area contributed by atoms with E-state index in [1.165, 1.54) is 26.4 Å². The number of nitrogens with one attached hydrogen (secondary N) is 1. The van der Waals surface area contributed by atoms with Crippen LogP contribution in [0.2, 0.25) is 0 Å². The lowest BCUT2D eigenvalue weighted by atomic mass is 10.1. The lowest BCUT2D eigenvalue weighted by Crippen LogP contribution is -2.37. The third kappa shape index (κ3) is 3.22. The van der Waals surface area contributed by atoms with Gasteiger partial charge in [-0.15, -0.1) is 0 Å². The number of nitro groups is 1. The summed E-state index contributed by atoms with van der Waals surface area (Å²) in [6.45, 7) is -0.599.